The molecule has 2 nitrogen and oxygen atoms in total. The van der Waals surface area contributed by atoms with E-state index in [1.54, 1.807) is 0 Å². The van der Waals surface area contributed by atoms with E-state index in [9.17, 15) is 4.79 Å². The van der Waals surface area contributed by atoms with Gasteiger partial charge in [0, 0.05) is 13.0 Å². The van der Waals surface area contributed by atoms with Crippen molar-refractivity contribution in [2.24, 2.45) is 0 Å². The van der Waals surface area contributed by atoms with Crippen molar-refractivity contribution in [1.82, 2.24) is 4.90 Å². The number of carbonyl (C=O) groups is 1. The van der Waals surface area contributed by atoms with Crippen LogP contribution in [-0.2, 0) is 11.2 Å². The van der Waals surface area contributed by atoms with Crippen molar-refractivity contribution in [3.63, 3.8) is 0 Å². The molecule has 2 aromatic rings. The predicted octanol–water partition coefficient (Wildman–Crippen LogP) is 3.68. The Morgan fingerprint density at radius 2 is 1.90 bits per heavy atom. The number of amides is 1. The molecule has 2 aliphatic heterocycles. The topological polar surface area (TPSA) is 20.3 Å². The first-order valence-corrected chi connectivity index (χ1v) is 7.47. The predicted molar refractivity (Wildman–Crippen MR) is 80.8 cm³/mol. The molecule has 4 rings (SSSR count). The summed E-state index contributed by atoms with van der Waals surface area (Å²) >= 11 is 0. The van der Waals surface area contributed by atoms with Crippen LogP contribution >= 0.6 is 0 Å². The Kier molecular flexibility index (Phi) is 2.44. The molecule has 1 saturated heterocycles. The highest BCUT2D eigenvalue weighted by Gasteiger charge is 2.36. The van der Waals surface area contributed by atoms with Gasteiger partial charge in [0.1, 0.15) is 0 Å². The first-order chi connectivity index (χ1) is 9.65. The molecule has 0 aromatic heterocycles. The molecule has 2 heteroatoms. The lowest BCUT2D eigenvalue weighted by Crippen LogP contribution is -2.34. The van der Waals surface area contributed by atoms with Gasteiger partial charge in [0.15, 0.2) is 0 Å². The number of carbonyl (C=O) groups excluding carboxylic acids is 1. The normalized spacial score (nSPS) is 21.2. The van der Waals surface area contributed by atoms with Gasteiger partial charge in [-0.2, -0.15) is 0 Å². The summed E-state index contributed by atoms with van der Waals surface area (Å²) in [6, 6.07) is 9.43. The minimum Gasteiger partial charge on any atom is -0.335 e. The number of benzene rings is 2. The summed E-state index contributed by atoms with van der Waals surface area (Å²) in [5, 5.41) is 2.73. The molecular weight excluding hydrogens is 246 g/mol. The number of rotatable bonds is 0. The van der Waals surface area contributed by atoms with Crippen LogP contribution in [-0.4, -0.2) is 17.4 Å². The molecule has 0 saturated carbocycles. The highest BCUT2D eigenvalue weighted by Crippen LogP contribution is 2.41. The minimum absolute atomic E-state index is 0.331. The fourth-order valence-corrected chi connectivity index (χ4v) is 3.83. The van der Waals surface area contributed by atoms with Crippen LogP contribution in [0.25, 0.3) is 10.8 Å². The highest BCUT2D eigenvalue weighted by molar-refractivity contribution is 5.89. The molecule has 1 atom stereocenters. The molecule has 0 aliphatic carbocycles. The van der Waals surface area contributed by atoms with Crippen LogP contribution in [0.3, 0.4) is 0 Å². The van der Waals surface area contributed by atoms with E-state index in [4.69, 9.17) is 0 Å². The molecule has 1 unspecified atom stereocenters. The van der Waals surface area contributed by atoms with Gasteiger partial charge >= 0.3 is 0 Å². The number of fused-ring (bicyclic) bond motifs is 5. The summed E-state index contributed by atoms with van der Waals surface area (Å²) in [5.74, 6) is 0.334. The number of aryl methyl sites for hydroxylation is 2. The lowest BCUT2D eigenvalue weighted by molar-refractivity contribution is -0.129. The average Bonchev–Trinajstić information content (AvgIpc) is 2.82. The van der Waals surface area contributed by atoms with E-state index in [1.807, 2.05) is 0 Å². The van der Waals surface area contributed by atoms with Crippen molar-refractivity contribution in [3.05, 3.63) is 46.5 Å². The summed E-state index contributed by atoms with van der Waals surface area (Å²) in [5.41, 5.74) is 5.57. The van der Waals surface area contributed by atoms with Crippen LogP contribution in [0.2, 0.25) is 0 Å². The van der Waals surface area contributed by atoms with Crippen molar-refractivity contribution < 1.29 is 4.79 Å². The summed E-state index contributed by atoms with van der Waals surface area (Å²) in [6.07, 6.45) is 2.70. The van der Waals surface area contributed by atoms with Gasteiger partial charge in [0.2, 0.25) is 5.91 Å². The van der Waals surface area contributed by atoms with Gasteiger partial charge in [-0.1, -0.05) is 24.3 Å². The fourth-order valence-electron chi connectivity index (χ4n) is 3.83. The molecule has 0 N–H and O–H groups in total. The zero-order valence-electron chi connectivity index (χ0n) is 12.1. The Morgan fingerprint density at radius 1 is 1.10 bits per heavy atom. The van der Waals surface area contributed by atoms with Crippen LogP contribution < -0.4 is 0 Å². The zero-order valence-corrected chi connectivity index (χ0v) is 12.1. The molecule has 2 aliphatic rings. The molecule has 2 aromatic carbocycles. The van der Waals surface area contributed by atoms with Crippen LogP contribution in [0.5, 0.6) is 0 Å². The second-order valence-electron chi connectivity index (χ2n) is 6.18. The maximum absolute atomic E-state index is 11.9. The Bertz CT molecular complexity index is 732. The second kappa shape index (κ2) is 4.08. The van der Waals surface area contributed by atoms with Crippen molar-refractivity contribution in [3.8, 4) is 0 Å². The van der Waals surface area contributed by atoms with E-state index < -0.39 is 0 Å². The molecule has 0 spiro atoms. The van der Waals surface area contributed by atoms with Crippen molar-refractivity contribution in [2.75, 3.05) is 6.54 Å². The minimum atomic E-state index is 0.331. The van der Waals surface area contributed by atoms with Crippen LogP contribution in [0.1, 0.15) is 41.1 Å². The van der Waals surface area contributed by atoms with E-state index in [1.165, 1.54) is 33.0 Å². The molecule has 1 amide bonds. The SMILES string of the molecule is Cc1cc2ccc3c(c2cc1C)CCN1C(=O)CCC31. The molecule has 1 fully saturated rings. The van der Waals surface area contributed by atoms with E-state index >= 15 is 0 Å². The maximum Gasteiger partial charge on any atom is 0.223 e. The molecule has 102 valence electrons. The van der Waals surface area contributed by atoms with Gasteiger partial charge in [-0.05, 0) is 59.7 Å². The second-order valence-corrected chi connectivity index (χ2v) is 6.18. The first-order valence-electron chi connectivity index (χ1n) is 7.47. The van der Waals surface area contributed by atoms with Crippen LogP contribution in [0, 0.1) is 13.8 Å². The fraction of sp³-hybridized carbons (Fsp3) is 0.389. The number of hydrogen-bond acceptors (Lipinski definition) is 1. The molecule has 0 radical (unpaired) electrons. The van der Waals surface area contributed by atoms with Gasteiger partial charge in [0.05, 0.1) is 6.04 Å². The zero-order chi connectivity index (χ0) is 13.9. The molecule has 20 heavy (non-hydrogen) atoms. The quantitative estimate of drug-likeness (QED) is 0.711. The lowest BCUT2D eigenvalue weighted by Gasteiger charge is -2.33. The van der Waals surface area contributed by atoms with E-state index in [2.05, 4.69) is 43.0 Å². The van der Waals surface area contributed by atoms with Gasteiger partial charge in [-0.15, -0.1) is 0 Å². The Morgan fingerprint density at radius 3 is 2.75 bits per heavy atom. The first kappa shape index (κ1) is 12.0. The van der Waals surface area contributed by atoms with Crippen LogP contribution in [0.4, 0.5) is 0 Å². The van der Waals surface area contributed by atoms with Gasteiger partial charge < -0.3 is 4.90 Å². The summed E-state index contributed by atoms with van der Waals surface area (Å²) in [7, 11) is 0. The van der Waals surface area contributed by atoms with Crippen molar-refractivity contribution in [1.29, 1.82) is 0 Å². The van der Waals surface area contributed by atoms with Crippen molar-refractivity contribution >= 4 is 16.7 Å². The maximum atomic E-state index is 11.9. The third kappa shape index (κ3) is 1.54. The smallest absolute Gasteiger partial charge is 0.223 e. The molecule has 2 heterocycles. The summed E-state index contributed by atoms with van der Waals surface area (Å²) < 4.78 is 0. The van der Waals surface area contributed by atoms with Crippen molar-refractivity contribution in [2.45, 2.75) is 39.2 Å². The number of nitrogens with zero attached hydrogens (tertiary/aromatic N) is 1. The summed E-state index contributed by atoms with van der Waals surface area (Å²) in [6.45, 7) is 5.25. The summed E-state index contributed by atoms with van der Waals surface area (Å²) in [4.78, 5) is 14.0. The third-order valence-corrected chi connectivity index (χ3v) is 5.07. The monoisotopic (exact) mass is 265 g/mol. The number of hydrogen-bond donors (Lipinski definition) is 0. The Hall–Kier alpha value is -1.83. The molecular formula is C18H19NO. The average molecular weight is 265 g/mol. The Labute approximate surface area is 119 Å². The largest absolute Gasteiger partial charge is 0.335 e. The Balaban J connectivity index is 1.95. The van der Waals surface area contributed by atoms with Gasteiger partial charge in [-0.25, -0.2) is 0 Å². The van der Waals surface area contributed by atoms with E-state index in [0.29, 0.717) is 11.9 Å². The van der Waals surface area contributed by atoms with Crippen LogP contribution in [0.15, 0.2) is 24.3 Å². The highest BCUT2D eigenvalue weighted by atomic mass is 16.2. The van der Waals surface area contributed by atoms with Gasteiger partial charge in [0.25, 0.3) is 0 Å². The third-order valence-electron chi connectivity index (χ3n) is 5.07. The van der Waals surface area contributed by atoms with Gasteiger partial charge in [-0.3, -0.25) is 4.79 Å². The standard InChI is InChI=1S/C18H19NO/c1-11-9-13-3-4-15-14(16(13)10-12(11)2)7-8-19-17(15)5-6-18(19)20/h3-4,9-10,17H,5-8H2,1-2H3. The van der Waals surface area contributed by atoms with E-state index in [0.717, 1.165) is 25.8 Å². The molecule has 0 bridgehead atoms. The van der Waals surface area contributed by atoms with E-state index in [-0.39, 0.29) is 0 Å². The lowest BCUT2D eigenvalue weighted by atomic mass is 9.87.